The minimum Gasteiger partial charge on any atom is -0.481 e. The minimum atomic E-state index is -0.0936. The summed E-state index contributed by atoms with van der Waals surface area (Å²) in [7, 11) is 1.52. The summed E-state index contributed by atoms with van der Waals surface area (Å²) >= 11 is 0. The van der Waals surface area contributed by atoms with Crippen LogP contribution >= 0.6 is 0 Å². The Bertz CT molecular complexity index is 330. The summed E-state index contributed by atoms with van der Waals surface area (Å²) in [6, 6.07) is 1.64. The van der Waals surface area contributed by atoms with Gasteiger partial charge in [-0.2, -0.15) is 4.98 Å². The molecule has 0 aliphatic heterocycles. The number of nitrogens with zero attached hydrogens (tertiary/aromatic N) is 2. The van der Waals surface area contributed by atoms with Crippen LogP contribution in [0.5, 0.6) is 5.88 Å². The predicted molar refractivity (Wildman–Crippen MR) is 55.8 cm³/mol. The van der Waals surface area contributed by atoms with E-state index < -0.39 is 0 Å². The number of rotatable bonds is 5. The molecule has 1 heterocycles. The highest BCUT2D eigenvalue weighted by atomic mass is 16.5. The minimum absolute atomic E-state index is 0.0936. The molecular weight excluding hydrogens is 196 g/mol. The Kier molecular flexibility index (Phi) is 4.33. The van der Waals surface area contributed by atoms with Gasteiger partial charge >= 0.3 is 0 Å². The van der Waals surface area contributed by atoms with Gasteiger partial charge in [-0.15, -0.1) is 0 Å². The molecule has 6 heteroatoms. The summed E-state index contributed by atoms with van der Waals surface area (Å²) in [6.45, 7) is 2.63. The molecule has 0 atom stereocenters. The van der Waals surface area contributed by atoms with Crippen LogP contribution in [0, 0.1) is 0 Å². The van der Waals surface area contributed by atoms with Gasteiger partial charge in [0.05, 0.1) is 13.7 Å². The van der Waals surface area contributed by atoms with Crippen LogP contribution in [-0.4, -0.2) is 36.1 Å². The van der Waals surface area contributed by atoms with Gasteiger partial charge in [-0.1, -0.05) is 0 Å². The first-order valence-electron chi connectivity index (χ1n) is 4.64. The van der Waals surface area contributed by atoms with Gasteiger partial charge in [0.25, 0.3) is 0 Å². The van der Waals surface area contributed by atoms with Crippen molar-refractivity contribution in [2.24, 2.45) is 0 Å². The fraction of sp³-hybridized carbons (Fsp3) is 0.444. The molecular formula is C9H14N4O2. The number of methoxy groups -OCH3 is 1. The third-order valence-corrected chi connectivity index (χ3v) is 1.62. The highest BCUT2D eigenvalue weighted by Gasteiger charge is 2.01. The molecule has 6 nitrogen and oxygen atoms in total. The average molecular weight is 210 g/mol. The number of nitrogens with one attached hydrogen (secondary N) is 2. The molecule has 0 aliphatic rings. The molecule has 1 aromatic heterocycles. The normalized spacial score (nSPS) is 9.47. The fourth-order valence-electron chi connectivity index (χ4n) is 0.960. The highest BCUT2D eigenvalue weighted by molar-refractivity contribution is 5.80. The summed E-state index contributed by atoms with van der Waals surface area (Å²) in [4.78, 5) is 19.0. The number of hydrogen-bond acceptors (Lipinski definition) is 5. The lowest BCUT2D eigenvalue weighted by Crippen LogP contribution is -2.29. The zero-order valence-corrected chi connectivity index (χ0v) is 8.78. The zero-order valence-electron chi connectivity index (χ0n) is 8.78. The maximum absolute atomic E-state index is 11.1. The van der Waals surface area contributed by atoms with Crippen molar-refractivity contribution in [3.05, 3.63) is 12.3 Å². The Morgan fingerprint density at radius 1 is 1.60 bits per heavy atom. The number of anilines is 1. The molecule has 0 aromatic carbocycles. The van der Waals surface area contributed by atoms with Crippen LogP contribution in [0.4, 0.5) is 5.95 Å². The summed E-state index contributed by atoms with van der Waals surface area (Å²) in [5.74, 6) is 0.743. The van der Waals surface area contributed by atoms with E-state index >= 15 is 0 Å². The van der Waals surface area contributed by atoms with E-state index in [0.717, 1.165) is 0 Å². The number of likely N-dealkylation sites (N-methyl/N-ethyl adjacent to an activating group) is 1. The SMILES string of the molecule is CCNC(=O)CNc1nccc(OC)n1. The predicted octanol–water partition coefficient (Wildman–Crippen LogP) is 0.0332. The standard InChI is InChI=1S/C9H14N4O2/c1-3-10-7(14)6-12-9-11-5-4-8(13-9)15-2/h4-5H,3,6H2,1-2H3,(H,10,14)(H,11,12,13). The summed E-state index contributed by atoms with van der Waals surface area (Å²) in [5.41, 5.74) is 0. The maximum atomic E-state index is 11.1. The smallest absolute Gasteiger partial charge is 0.239 e. The Morgan fingerprint density at radius 3 is 3.07 bits per heavy atom. The summed E-state index contributed by atoms with van der Waals surface area (Å²) in [6.07, 6.45) is 1.56. The first kappa shape index (κ1) is 11.2. The second kappa shape index (κ2) is 5.79. The quantitative estimate of drug-likeness (QED) is 0.717. The molecule has 0 fully saturated rings. The van der Waals surface area contributed by atoms with Gasteiger partial charge in [0.15, 0.2) is 0 Å². The number of amides is 1. The van der Waals surface area contributed by atoms with E-state index in [9.17, 15) is 4.79 Å². The van der Waals surface area contributed by atoms with Crippen molar-refractivity contribution in [1.29, 1.82) is 0 Å². The molecule has 0 saturated carbocycles. The molecule has 0 bridgehead atoms. The Balaban J connectivity index is 2.46. The van der Waals surface area contributed by atoms with Gasteiger partial charge in [0.1, 0.15) is 0 Å². The number of carbonyl (C=O) groups excluding carboxylic acids is 1. The molecule has 0 spiro atoms. The van der Waals surface area contributed by atoms with Crippen LogP contribution in [0.25, 0.3) is 0 Å². The van der Waals surface area contributed by atoms with E-state index in [4.69, 9.17) is 4.74 Å². The monoisotopic (exact) mass is 210 g/mol. The summed E-state index contributed by atoms with van der Waals surface area (Å²) in [5, 5.41) is 5.45. The van der Waals surface area contributed by atoms with Crippen LogP contribution in [0.1, 0.15) is 6.92 Å². The average Bonchev–Trinajstić information content (AvgIpc) is 2.27. The largest absolute Gasteiger partial charge is 0.481 e. The summed E-state index contributed by atoms with van der Waals surface area (Å²) < 4.78 is 4.92. The van der Waals surface area contributed by atoms with Gasteiger partial charge in [-0.05, 0) is 6.92 Å². The third kappa shape index (κ3) is 3.80. The van der Waals surface area contributed by atoms with Crippen molar-refractivity contribution < 1.29 is 9.53 Å². The maximum Gasteiger partial charge on any atom is 0.239 e. The van der Waals surface area contributed by atoms with Gasteiger partial charge in [-0.3, -0.25) is 4.79 Å². The van der Waals surface area contributed by atoms with E-state index in [-0.39, 0.29) is 12.5 Å². The van der Waals surface area contributed by atoms with Crippen molar-refractivity contribution in [3.8, 4) is 5.88 Å². The van der Waals surface area contributed by atoms with Crippen LogP contribution in [0.2, 0.25) is 0 Å². The van der Waals surface area contributed by atoms with Crippen LogP contribution < -0.4 is 15.4 Å². The molecule has 1 rings (SSSR count). The van der Waals surface area contributed by atoms with Crippen molar-refractivity contribution in [2.45, 2.75) is 6.92 Å². The first-order valence-corrected chi connectivity index (χ1v) is 4.64. The molecule has 0 unspecified atom stereocenters. The number of ether oxygens (including phenoxy) is 1. The second-order valence-electron chi connectivity index (χ2n) is 2.73. The van der Waals surface area contributed by atoms with Gasteiger partial charge in [-0.25, -0.2) is 4.98 Å². The zero-order chi connectivity index (χ0) is 11.1. The van der Waals surface area contributed by atoms with Crippen LogP contribution in [0.15, 0.2) is 12.3 Å². The lowest BCUT2D eigenvalue weighted by atomic mass is 10.5. The molecule has 82 valence electrons. The number of aromatic nitrogens is 2. The lowest BCUT2D eigenvalue weighted by molar-refractivity contribution is -0.119. The van der Waals surface area contributed by atoms with E-state index in [1.165, 1.54) is 7.11 Å². The lowest BCUT2D eigenvalue weighted by Gasteiger charge is -2.05. The van der Waals surface area contributed by atoms with Crippen molar-refractivity contribution in [3.63, 3.8) is 0 Å². The first-order chi connectivity index (χ1) is 7.26. The topological polar surface area (TPSA) is 76.1 Å². The van der Waals surface area contributed by atoms with Crippen LogP contribution in [0.3, 0.4) is 0 Å². The second-order valence-corrected chi connectivity index (χ2v) is 2.73. The number of carbonyl (C=O) groups is 1. The third-order valence-electron chi connectivity index (χ3n) is 1.62. The van der Waals surface area contributed by atoms with Gasteiger partial charge < -0.3 is 15.4 Å². The van der Waals surface area contributed by atoms with Gasteiger partial charge in [0.2, 0.25) is 17.7 Å². The Hall–Kier alpha value is -1.85. The Morgan fingerprint density at radius 2 is 2.40 bits per heavy atom. The van der Waals surface area contributed by atoms with Crippen LogP contribution in [-0.2, 0) is 4.79 Å². The van der Waals surface area contributed by atoms with Gasteiger partial charge in [0, 0.05) is 18.8 Å². The fourth-order valence-corrected chi connectivity index (χ4v) is 0.960. The van der Waals surface area contributed by atoms with E-state index in [1.54, 1.807) is 12.3 Å². The van der Waals surface area contributed by atoms with E-state index in [1.807, 2.05) is 6.92 Å². The van der Waals surface area contributed by atoms with Crippen molar-refractivity contribution >= 4 is 11.9 Å². The molecule has 0 aliphatic carbocycles. The molecule has 15 heavy (non-hydrogen) atoms. The highest BCUT2D eigenvalue weighted by Crippen LogP contribution is 2.06. The van der Waals surface area contributed by atoms with E-state index in [0.29, 0.717) is 18.4 Å². The molecule has 1 aromatic rings. The molecule has 0 saturated heterocycles. The van der Waals surface area contributed by atoms with Crippen molar-refractivity contribution in [1.82, 2.24) is 15.3 Å². The Labute approximate surface area is 88.1 Å². The molecule has 1 amide bonds. The number of hydrogen-bond donors (Lipinski definition) is 2. The molecule has 0 radical (unpaired) electrons. The molecule has 2 N–H and O–H groups in total. The van der Waals surface area contributed by atoms with Crippen molar-refractivity contribution in [2.75, 3.05) is 25.5 Å². The van der Waals surface area contributed by atoms with E-state index in [2.05, 4.69) is 20.6 Å².